The third kappa shape index (κ3) is 3.41. The van der Waals surface area contributed by atoms with Crippen LogP contribution in [0.15, 0.2) is 11.6 Å². The van der Waals surface area contributed by atoms with Gasteiger partial charge in [0.2, 0.25) is 5.91 Å². The topological polar surface area (TPSA) is 48.5 Å². The Labute approximate surface area is 105 Å². The number of amides is 1. The van der Waals surface area contributed by atoms with Gasteiger partial charge in [-0.25, -0.2) is 4.98 Å². The van der Waals surface area contributed by atoms with Gasteiger partial charge in [-0.3, -0.25) is 4.79 Å². The first-order valence-corrected chi connectivity index (χ1v) is 6.81. The van der Waals surface area contributed by atoms with Crippen molar-refractivity contribution in [3.05, 3.63) is 11.6 Å². The molecule has 6 heteroatoms. The third-order valence-electron chi connectivity index (χ3n) is 3.00. The van der Waals surface area contributed by atoms with E-state index >= 15 is 0 Å². The number of aromatic nitrogens is 1. The molecule has 1 N–H and O–H groups in total. The molecule has 0 aromatic carbocycles. The third-order valence-corrected chi connectivity index (χ3v) is 3.73. The highest BCUT2D eigenvalue weighted by molar-refractivity contribution is 7.13. The average Bonchev–Trinajstić information content (AvgIpc) is 2.89. The van der Waals surface area contributed by atoms with Gasteiger partial charge in [-0.2, -0.15) is 0 Å². The molecule has 2 rings (SSSR count). The van der Waals surface area contributed by atoms with E-state index in [0.717, 1.165) is 37.9 Å². The summed E-state index contributed by atoms with van der Waals surface area (Å²) in [6.45, 7) is 7.22. The number of hydrogen-bond donors (Lipinski definition) is 1. The molecule has 0 saturated carbocycles. The minimum absolute atomic E-state index is 0.163. The number of nitrogens with one attached hydrogen (secondary N) is 1. The smallest absolute Gasteiger partial charge is 0.242 e. The lowest BCUT2D eigenvalue weighted by molar-refractivity contribution is -0.131. The van der Waals surface area contributed by atoms with Crippen LogP contribution in [-0.4, -0.2) is 60.0 Å². The molecule has 17 heavy (non-hydrogen) atoms. The summed E-state index contributed by atoms with van der Waals surface area (Å²) in [6, 6.07) is 0. The van der Waals surface area contributed by atoms with Crippen molar-refractivity contribution in [1.29, 1.82) is 0 Å². The van der Waals surface area contributed by atoms with Crippen LogP contribution < -0.4 is 5.32 Å². The van der Waals surface area contributed by atoms with Gasteiger partial charge in [-0.15, -0.1) is 11.3 Å². The highest BCUT2D eigenvalue weighted by atomic mass is 32.1. The largest absolute Gasteiger partial charge is 0.352 e. The van der Waals surface area contributed by atoms with Crippen LogP contribution in [-0.2, 0) is 4.79 Å². The van der Waals surface area contributed by atoms with Crippen LogP contribution in [0.1, 0.15) is 6.92 Å². The first-order chi connectivity index (χ1) is 8.29. The Hall–Kier alpha value is -1.14. The van der Waals surface area contributed by atoms with E-state index in [1.54, 1.807) is 6.20 Å². The number of thiazole rings is 1. The first-order valence-electron chi connectivity index (χ1n) is 5.93. The molecule has 1 saturated heterocycles. The van der Waals surface area contributed by atoms with Crippen molar-refractivity contribution in [2.45, 2.75) is 6.92 Å². The minimum atomic E-state index is 0.163. The van der Waals surface area contributed by atoms with Crippen LogP contribution >= 0.6 is 11.3 Å². The molecule has 0 bridgehead atoms. The van der Waals surface area contributed by atoms with E-state index in [1.165, 1.54) is 11.3 Å². The van der Waals surface area contributed by atoms with Gasteiger partial charge >= 0.3 is 0 Å². The fraction of sp³-hybridized carbons (Fsp3) is 0.636. The van der Waals surface area contributed by atoms with Gasteiger partial charge in [0, 0.05) is 37.8 Å². The molecule has 0 unspecified atom stereocenters. The van der Waals surface area contributed by atoms with Crippen LogP contribution in [0.25, 0.3) is 0 Å². The summed E-state index contributed by atoms with van der Waals surface area (Å²) in [4.78, 5) is 20.3. The standard InChI is InChI=1S/C11H18N4OS/c1-2-14-4-6-15(7-5-14)10(16)9-13-11-12-3-8-17-11/h3,8H,2,4-7,9H2,1H3,(H,12,13). The quantitative estimate of drug-likeness (QED) is 0.860. The molecular formula is C11H18N4OS. The summed E-state index contributed by atoms with van der Waals surface area (Å²) < 4.78 is 0. The van der Waals surface area contributed by atoms with E-state index in [9.17, 15) is 4.79 Å². The van der Waals surface area contributed by atoms with E-state index in [4.69, 9.17) is 0 Å². The number of carbonyl (C=O) groups excluding carboxylic acids is 1. The monoisotopic (exact) mass is 254 g/mol. The maximum Gasteiger partial charge on any atom is 0.242 e. The molecule has 0 aliphatic carbocycles. The normalized spacial score (nSPS) is 17.1. The van der Waals surface area contributed by atoms with Gasteiger partial charge in [-0.05, 0) is 6.54 Å². The number of carbonyl (C=O) groups is 1. The summed E-state index contributed by atoms with van der Waals surface area (Å²) in [5.74, 6) is 0.163. The Balaban J connectivity index is 1.73. The van der Waals surface area contributed by atoms with Gasteiger partial charge < -0.3 is 15.1 Å². The van der Waals surface area contributed by atoms with Gasteiger partial charge in [-0.1, -0.05) is 6.92 Å². The summed E-state index contributed by atoms with van der Waals surface area (Å²) >= 11 is 1.51. The van der Waals surface area contributed by atoms with Gasteiger partial charge in [0.15, 0.2) is 5.13 Å². The number of nitrogens with zero attached hydrogens (tertiary/aromatic N) is 3. The van der Waals surface area contributed by atoms with E-state index in [0.29, 0.717) is 6.54 Å². The van der Waals surface area contributed by atoms with Crippen molar-refractivity contribution in [3.8, 4) is 0 Å². The van der Waals surface area contributed by atoms with E-state index in [1.807, 2.05) is 10.3 Å². The predicted octanol–water partition coefficient (Wildman–Crippen LogP) is 0.719. The molecule has 1 amide bonds. The minimum Gasteiger partial charge on any atom is -0.352 e. The molecule has 1 aromatic rings. The lowest BCUT2D eigenvalue weighted by Gasteiger charge is -2.34. The molecule has 1 aliphatic rings. The Bertz CT molecular complexity index is 346. The van der Waals surface area contributed by atoms with Crippen molar-refractivity contribution in [2.24, 2.45) is 0 Å². The second kappa shape index (κ2) is 5.97. The van der Waals surface area contributed by atoms with Crippen LogP contribution in [0.2, 0.25) is 0 Å². The SMILES string of the molecule is CCN1CCN(C(=O)CNc2nccs2)CC1. The van der Waals surface area contributed by atoms with Crippen LogP contribution in [0, 0.1) is 0 Å². The van der Waals surface area contributed by atoms with Gasteiger partial charge in [0.05, 0.1) is 6.54 Å². The number of hydrogen-bond acceptors (Lipinski definition) is 5. The van der Waals surface area contributed by atoms with Crippen molar-refractivity contribution in [2.75, 3.05) is 44.6 Å². The summed E-state index contributed by atoms with van der Waals surface area (Å²) in [5, 5.41) is 5.76. The van der Waals surface area contributed by atoms with Gasteiger partial charge in [0.25, 0.3) is 0 Å². The van der Waals surface area contributed by atoms with Gasteiger partial charge in [0.1, 0.15) is 0 Å². The Morgan fingerprint density at radius 2 is 2.24 bits per heavy atom. The zero-order valence-corrected chi connectivity index (χ0v) is 10.9. The first kappa shape index (κ1) is 12.3. The Kier molecular flexibility index (Phi) is 4.33. The van der Waals surface area contributed by atoms with E-state index in [-0.39, 0.29) is 5.91 Å². The molecule has 5 nitrogen and oxygen atoms in total. The molecule has 1 fully saturated rings. The highest BCUT2D eigenvalue weighted by Gasteiger charge is 2.19. The average molecular weight is 254 g/mol. The molecule has 2 heterocycles. The van der Waals surface area contributed by atoms with Crippen molar-refractivity contribution < 1.29 is 4.79 Å². The molecule has 0 radical (unpaired) electrons. The van der Waals surface area contributed by atoms with Crippen molar-refractivity contribution in [3.63, 3.8) is 0 Å². The van der Waals surface area contributed by atoms with Crippen molar-refractivity contribution in [1.82, 2.24) is 14.8 Å². The van der Waals surface area contributed by atoms with Crippen LogP contribution in [0.3, 0.4) is 0 Å². The molecule has 0 atom stereocenters. The number of likely N-dealkylation sites (N-methyl/N-ethyl adjacent to an activating group) is 1. The lowest BCUT2D eigenvalue weighted by atomic mass is 10.3. The number of anilines is 1. The Morgan fingerprint density at radius 3 is 2.82 bits per heavy atom. The van der Waals surface area contributed by atoms with E-state index in [2.05, 4.69) is 22.1 Å². The lowest BCUT2D eigenvalue weighted by Crippen LogP contribution is -2.49. The highest BCUT2D eigenvalue weighted by Crippen LogP contribution is 2.10. The summed E-state index contributed by atoms with van der Waals surface area (Å²) in [6.07, 6.45) is 1.73. The van der Waals surface area contributed by atoms with E-state index < -0.39 is 0 Å². The fourth-order valence-electron chi connectivity index (χ4n) is 1.89. The second-order valence-corrected chi connectivity index (χ2v) is 4.90. The molecule has 1 aromatic heterocycles. The Morgan fingerprint density at radius 1 is 1.47 bits per heavy atom. The maximum absolute atomic E-state index is 11.9. The second-order valence-electron chi connectivity index (χ2n) is 4.01. The predicted molar refractivity (Wildman–Crippen MR) is 69.3 cm³/mol. The summed E-state index contributed by atoms with van der Waals surface area (Å²) in [7, 11) is 0. The van der Waals surface area contributed by atoms with Crippen LogP contribution in [0.5, 0.6) is 0 Å². The fourth-order valence-corrected chi connectivity index (χ4v) is 2.42. The number of piperazine rings is 1. The number of rotatable bonds is 4. The zero-order valence-electron chi connectivity index (χ0n) is 10.1. The zero-order chi connectivity index (χ0) is 12.1. The molecule has 0 spiro atoms. The van der Waals surface area contributed by atoms with Crippen molar-refractivity contribution >= 4 is 22.4 Å². The molecular weight excluding hydrogens is 236 g/mol. The van der Waals surface area contributed by atoms with Crippen LogP contribution in [0.4, 0.5) is 5.13 Å². The molecule has 1 aliphatic heterocycles. The molecule has 94 valence electrons. The summed E-state index contributed by atoms with van der Waals surface area (Å²) in [5.41, 5.74) is 0. The maximum atomic E-state index is 11.9.